The van der Waals surface area contributed by atoms with E-state index in [2.05, 4.69) is 20.8 Å². The summed E-state index contributed by atoms with van der Waals surface area (Å²) in [5.74, 6) is 0.0327. The van der Waals surface area contributed by atoms with Crippen LogP contribution in [0.15, 0.2) is 24.5 Å². The van der Waals surface area contributed by atoms with Gasteiger partial charge in [-0.15, -0.1) is 5.10 Å². The lowest BCUT2D eigenvalue weighted by Gasteiger charge is -2.38. The molecular formula is C17H22FN5O3. The standard InChI is InChI=1S/C17H22FN5O3/c1-26-15-5-4-12(18)9-14(15)17(11-7-13(24)8-11)20-16(25)3-2-6-23-10-19-21-22-23/h4-5,9-11,13,17,24H,2-3,6-8H2,1H3,(H,20,25)/t11?,13?,17-/m1/s1. The van der Waals surface area contributed by atoms with E-state index in [-0.39, 0.29) is 17.9 Å². The number of aromatic nitrogens is 4. The summed E-state index contributed by atoms with van der Waals surface area (Å²) in [4.78, 5) is 12.4. The molecule has 26 heavy (non-hydrogen) atoms. The fraction of sp³-hybridized carbons (Fsp3) is 0.529. The van der Waals surface area contributed by atoms with Crippen molar-refractivity contribution in [1.82, 2.24) is 25.5 Å². The third kappa shape index (κ3) is 4.34. The van der Waals surface area contributed by atoms with Crippen LogP contribution in [-0.2, 0) is 11.3 Å². The fourth-order valence-corrected chi connectivity index (χ4v) is 3.23. The molecule has 1 amide bonds. The lowest BCUT2D eigenvalue weighted by Crippen LogP contribution is -2.41. The molecule has 1 aliphatic rings. The van der Waals surface area contributed by atoms with Gasteiger partial charge >= 0.3 is 0 Å². The number of methoxy groups -OCH3 is 1. The van der Waals surface area contributed by atoms with Crippen molar-refractivity contribution in [3.63, 3.8) is 0 Å². The number of nitrogens with zero attached hydrogens (tertiary/aromatic N) is 4. The third-order valence-electron chi connectivity index (χ3n) is 4.65. The Kier molecular flexibility index (Phi) is 5.77. The van der Waals surface area contributed by atoms with Crippen LogP contribution in [0.25, 0.3) is 0 Å². The Labute approximate surface area is 150 Å². The van der Waals surface area contributed by atoms with Crippen LogP contribution >= 0.6 is 0 Å². The molecule has 0 spiro atoms. The Morgan fingerprint density at radius 2 is 2.31 bits per heavy atom. The highest BCUT2D eigenvalue weighted by Gasteiger charge is 2.37. The van der Waals surface area contributed by atoms with Crippen LogP contribution in [0.4, 0.5) is 4.39 Å². The van der Waals surface area contributed by atoms with Gasteiger partial charge in [0.1, 0.15) is 17.9 Å². The van der Waals surface area contributed by atoms with E-state index in [4.69, 9.17) is 4.74 Å². The van der Waals surface area contributed by atoms with Crippen molar-refractivity contribution in [3.8, 4) is 5.75 Å². The van der Waals surface area contributed by atoms with Crippen LogP contribution in [0.3, 0.4) is 0 Å². The van der Waals surface area contributed by atoms with Crippen molar-refractivity contribution in [2.45, 2.75) is 44.4 Å². The molecule has 1 atom stereocenters. The second-order valence-electron chi connectivity index (χ2n) is 6.49. The maximum atomic E-state index is 13.8. The van der Waals surface area contributed by atoms with Gasteiger partial charge in [-0.05, 0) is 53.8 Å². The number of carbonyl (C=O) groups is 1. The molecule has 1 aliphatic carbocycles. The van der Waals surface area contributed by atoms with Gasteiger partial charge < -0.3 is 15.2 Å². The average Bonchev–Trinajstić information content (AvgIpc) is 3.10. The van der Waals surface area contributed by atoms with Crippen molar-refractivity contribution in [3.05, 3.63) is 35.9 Å². The summed E-state index contributed by atoms with van der Waals surface area (Å²) in [6.45, 7) is 0.538. The summed E-state index contributed by atoms with van der Waals surface area (Å²) in [5, 5.41) is 23.5. The zero-order valence-electron chi connectivity index (χ0n) is 14.5. The number of nitrogens with one attached hydrogen (secondary N) is 1. The van der Waals surface area contributed by atoms with Gasteiger partial charge in [0.15, 0.2) is 0 Å². The zero-order chi connectivity index (χ0) is 18.5. The van der Waals surface area contributed by atoms with Gasteiger partial charge in [-0.2, -0.15) is 0 Å². The van der Waals surface area contributed by atoms with E-state index in [0.29, 0.717) is 43.5 Å². The monoisotopic (exact) mass is 363 g/mol. The minimum Gasteiger partial charge on any atom is -0.496 e. The van der Waals surface area contributed by atoms with Gasteiger partial charge in [-0.25, -0.2) is 9.07 Å². The summed E-state index contributed by atoms with van der Waals surface area (Å²) in [6, 6.07) is 3.86. The lowest BCUT2D eigenvalue weighted by molar-refractivity contribution is -0.123. The first-order valence-electron chi connectivity index (χ1n) is 8.58. The average molecular weight is 363 g/mol. The molecule has 0 bridgehead atoms. The van der Waals surface area contributed by atoms with Gasteiger partial charge in [0.2, 0.25) is 5.91 Å². The zero-order valence-corrected chi connectivity index (χ0v) is 14.5. The van der Waals surface area contributed by atoms with Crippen LogP contribution in [0, 0.1) is 11.7 Å². The van der Waals surface area contributed by atoms with Crippen LogP contribution < -0.4 is 10.1 Å². The Morgan fingerprint density at radius 1 is 1.50 bits per heavy atom. The molecule has 9 heteroatoms. The number of ether oxygens (including phenoxy) is 1. The molecule has 0 aliphatic heterocycles. The number of carbonyl (C=O) groups excluding carboxylic acids is 1. The number of aliphatic hydroxyl groups is 1. The highest BCUT2D eigenvalue weighted by Crippen LogP contribution is 2.41. The Morgan fingerprint density at radius 3 is 2.96 bits per heavy atom. The Balaban J connectivity index is 1.66. The van der Waals surface area contributed by atoms with Gasteiger partial charge in [0.25, 0.3) is 0 Å². The molecule has 3 rings (SSSR count). The SMILES string of the molecule is COc1ccc(F)cc1[C@H](NC(=O)CCCn1cnnn1)C1CC(O)C1. The Bertz CT molecular complexity index is 734. The molecule has 1 aromatic heterocycles. The fourth-order valence-electron chi connectivity index (χ4n) is 3.23. The number of benzene rings is 1. The number of halogens is 1. The molecule has 1 saturated carbocycles. The predicted octanol–water partition coefficient (Wildman–Crippen LogP) is 1.23. The topological polar surface area (TPSA) is 102 Å². The number of hydrogen-bond donors (Lipinski definition) is 2. The summed E-state index contributed by atoms with van der Waals surface area (Å²) >= 11 is 0. The van der Waals surface area contributed by atoms with Gasteiger partial charge in [0, 0.05) is 18.5 Å². The summed E-state index contributed by atoms with van der Waals surface area (Å²) < 4.78 is 20.7. The normalized spacial score (nSPS) is 20.3. The quantitative estimate of drug-likeness (QED) is 0.731. The molecule has 0 radical (unpaired) electrons. The summed E-state index contributed by atoms with van der Waals surface area (Å²) in [7, 11) is 1.51. The number of aliphatic hydroxyl groups excluding tert-OH is 1. The first-order valence-corrected chi connectivity index (χ1v) is 8.58. The number of rotatable bonds is 8. The van der Waals surface area contributed by atoms with Crippen LogP contribution in [-0.4, -0.2) is 44.4 Å². The molecule has 1 heterocycles. The molecule has 2 N–H and O–H groups in total. The maximum absolute atomic E-state index is 13.8. The van der Waals surface area contributed by atoms with Crippen molar-refractivity contribution in [2.24, 2.45) is 5.92 Å². The minimum absolute atomic E-state index is 0.0455. The number of aryl methyl sites for hydroxylation is 1. The van der Waals surface area contributed by atoms with E-state index >= 15 is 0 Å². The predicted molar refractivity (Wildman–Crippen MR) is 89.6 cm³/mol. The van der Waals surface area contributed by atoms with Crippen molar-refractivity contribution in [1.29, 1.82) is 0 Å². The van der Waals surface area contributed by atoms with E-state index in [1.807, 2.05) is 0 Å². The maximum Gasteiger partial charge on any atom is 0.220 e. The van der Waals surface area contributed by atoms with Crippen molar-refractivity contribution < 1.29 is 19.0 Å². The summed E-state index contributed by atoms with van der Waals surface area (Å²) in [6.07, 6.45) is 3.12. The highest BCUT2D eigenvalue weighted by molar-refractivity contribution is 5.76. The van der Waals surface area contributed by atoms with Gasteiger partial charge in [0.05, 0.1) is 19.3 Å². The van der Waals surface area contributed by atoms with E-state index in [9.17, 15) is 14.3 Å². The number of hydrogen-bond acceptors (Lipinski definition) is 6. The largest absolute Gasteiger partial charge is 0.496 e. The third-order valence-corrected chi connectivity index (χ3v) is 4.65. The molecule has 0 saturated heterocycles. The van der Waals surface area contributed by atoms with Crippen LogP contribution in [0.2, 0.25) is 0 Å². The number of amides is 1. The van der Waals surface area contributed by atoms with Crippen LogP contribution in [0.1, 0.15) is 37.3 Å². The van der Waals surface area contributed by atoms with Crippen LogP contribution in [0.5, 0.6) is 5.75 Å². The molecule has 140 valence electrons. The Hall–Kier alpha value is -2.55. The molecule has 2 aromatic rings. The van der Waals surface area contributed by atoms with E-state index in [1.165, 1.54) is 25.6 Å². The van der Waals surface area contributed by atoms with Crippen molar-refractivity contribution in [2.75, 3.05) is 7.11 Å². The first kappa shape index (κ1) is 18.2. The summed E-state index contributed by atoms with van der Waals surface area (Å²) in [5.41, 5.74) is 0.596. The highest BCUT2D eigenvalue weighted by atomic mass is 19.1. The first-order chi connectivity index (χ1) is 12.6. The second-order valence-corrected chi connectivity index (χ2v) is 6.49. The smallest absolute Gasteiger partial charge is 0.220 e. The minimum atomic E-state index is -0.399. The molecule has 1 fully saturated rings. The molecule has 0 unspecified atom stereocenters. The second kappa shape index (κ2) is 8.22. The number of tetrazole rings is 1. The van der Waals surface area contributed by atoms with E-state index in [1.54, 1.807) is 10.7 Å². The van der Waals surface area contributed by atoms with Crippen molar-refractivity contribution >= 4 is 5.91 Å². The molecule has 8 nitrogen and oxygen atoms in total. The van der Waals surface area contributed by atoms with E-state index < -0.39 is 11.9 Å². The molecule has 1 aromatic carbocycles. The lowest BCUT2D eigenvalue weighted by atomic mass is 9.74. The van der Waals surface area contributed by atoms with E-state index in [0.717, 1.165) is 0 Å². The molecular weight excluding hydrogens is 341 g/mol. The van der Waals surface area contributed by atoms with Gasteiger partial charge in [-0.3, -0.25) is 4.79 Å². The van der Waals surface area contributed by atoms with Gasteiger partial charge in [-0.1, -0.05) is 0 Å².